The monoisotopic (exact) mass is 379 g/mol. The Hall–Kier alpha value is 2.57. The first-order chi connectivity index (χ1) is 5.75. The fraction of sp³-hybridized carbons (Fsp3) is 1.00. The minimum Gasteiger partial charge on any atom is -0.298 e. The molecule has 0 heterocycles. The van der Waals surface area contributed by atoms with Crippen molar-refractivity contribution in [1.29, 1.82) is 0 Å². The van der Waals surface area contributed by atoms with Crippen LogP contribution in [0.5, 0.6) is 0 Å². The van der Waals surface area contributed by atoms with Crippen molar-refractivity contribution in [3.63, 3.8) is 0 Å². The molecule has 0 fully saturated rings. The van der Waals surface area contributed by atoms with E-state index in [1.165, 1.54) is 0 Å². The Bertz CT molecular complexity index is 186. The zero-order chi connectivity index (χ0) is 12.0. The molecule has 0 aliphatic rings. The van der Waals surface area contributed by atoms with E-state index in [-0.39, 0.29) is 0 Å². The van der Waals surface area contributed by atoms with Crippen LogP contribution in [0.1, 0.15) is 0 Å². The van der Waals surface area contributed by atoms with Crippen molar-refractivity contribution in [2.75, 3.05) is 0 Å². The normalized spacial score (nSPS) is 15.9. The first-order valence-corrected chi connectivity index (χ1v) is 6.14. The molecule has 0 aromatic heterocycles. The smallest absolute Gasteiger partial charge is 0.226 e. The van der Waals surface area contributed by atoms with E-state index in [2.05, 4.69) is 0 Å². The molecule has 0 unspecified atom stereocenters. The lowest BCUT2D eigenvalue weighted by atomic mass is 10.3. The second-order valence-electron chi connectivity index (χ2n) is 2.27. The molecule has 2 N–H and O–H groups in total. The molecule has 0 atom stereocenters. The van der Waals surface area contributed by atoms with Gasteiger partial charge in [-0.2, -0.15) is 0 Å². The minimum atomic E-state index is -2.30. The first kappa shape index (κ1) is 16.6. The van der Waals surface area contributed by atoms with Crippen molar-refractivity contribution in [2.45, 2.75) is 16.9 Å². The summed E-state index contributed by atoms with van der Waals surface area (Å²) in [7, 11) is 0. The molecule has 14 heavy (non-hydrogen) atoms. The minimum absolute atomic E-state index is 2.20. The van der Waals surface area contributed by atoms with E-state index in [0.29, 0.717) is 0 Å². The molecular formula is C4H2Cl9N. The summed E-state index contributed by atoms with van der Waals surface area (Å²) in [4.78, 5) is 0. The van der Waals surface area contributed by atoms with Gasteiger partial charge in [-0.15, -0.1) is 0 Å². The molecule has 0 rings (SSSR count). The highest BCUT2D eigenvalue weighted by Gasteiger charge is 2.67. The Morgan fingerprint density at radius 3 is 0.929 bits per heavy atom. The van der Waals surface area contributed by atoms with Crippen LogP contribution in [0, 0.1) is 0 Å². The highest BCUT2D eigenvalue weighted by Crippen LogP contribution is 2.60. The Kier molecular flexibility index (Phi) is 5.54. The summed E-state index contributed by atoms with van der Waals surface area (Å²) in [5.74, 6) is 0. The lowest BCUT2D eigenvalue weighted by molar-refractivity contribution is 0.595. The largest absolute Gasteiger partial charge is 0.298 e. The van der Waals surface area contributed by atoms with Crippen molar-refractivity contribution in [3.8, 4) is 0 Å². The Balaban J connectivity index is 5.30. The first-order valence-electron chi connectivity index (χ1n) is 2.74. The van der Waals surface area contributed by atoms with Gasteiger partial charge in [0.25, 0.3) is 0 Å². The standard InChI is InChI=1S/C4H2Cl9N/c5-1(6,3(9,10)11)2(7,8)4(12,13)14/h14H2. The third-order valence-electron chi connectivity index (χ3n) is 1.17. The quantitative estimate of drug-likeness (QED) is 0.539. The second kappa shape index (κ2) is 4.68. The highest BCUT2D eigenvalue weighted by molar-refractivity contribution is 6.80. The van der Waals surface area contributed by atoms with Crippen molar-refractivity contribution in [3.05, 3.63) is 0 Å². The Morgan fingerprint density at radius 2 is 0.857 bits per heavy atom. The summed E-state index contributed by atoms with van der Waals surface area (Å²) >= 11 is 49.8. The highest BCUT2D eigenvalue weighted by atomic mass is 35.6. The molecule has 0 saturated heterocycles. The van der Waals surface area contributed by atoms with Gasteiger partial charge in [0.1, 0.15) is 0 Å². The van der Waals surface area contributed by atoms with E-state index in [4.69, 9.17) is 110 Å². The second-order valence-corrected chi connectivity index (χ2v) is 8.59. The van der Waals surface area contributed by atoms with Crippen LogP contribution >= 0.6 is 104 Å². The number of rotatable bonds is 2. The van der Waals surface area contributed by atoms with Gasteiger partial charge in [-0.3, -0.25) is 5.73 Å². The number of hydrogen-bond donors (Lipinski definition) is 1. The van der Waals surface area contributed by atoms with Crippen molar-refractivity contribution < 1.29 is 0 Å². The van der Waals surface area contributed by atoms with Gasteiger partial charge < -0.3 is 0 Å². The van der Waals surface area contributed by atoms with Gasteiger partial charge in [-0.25, -0.2) is 0 Å². The van der Waals surface area contributed by atoms with Crippen LogP contribution in [0.4, 0.5) is 0 Å². The van der Waals surface area contributed by atoms with E-state index < -0.39 is 16.9 Å². The van der Waals surface area contributed by atoms with E-state index in [1.54, 1.807) is 0 Å². The average Bonchev–Trinajstić information content (AvgIpc) is 1.81. The molecule has 0 radical (unpaired) electrons. The van der Waals surface area contributed by atoms with Crippen LogP contribution in [0.2, 0.25) is 0 Å². The fourth-order valence-electron chi connectivity index (χ4n) is 0.387. The third kappa shape index (κ3) is 3.07. The van der Waals surface area contributed by atoms with Crippen LogP contribution in [0.25, 0.3) is 0 Å². The van der Waals surface area contributed by atoms with Crippen molar-refractivity contribution >= 4 is 104 Å². The molecule has 0 amide bonds. The molecule has 0 spiro atoms. The van der Waals surface area contributed by atoms with E-state index in [9.17, 15) is 0 Å². The summed E-state index contributed by atoms with van der Waals surface area (Å²) in [6.07, 6.45) is 0. The van der Waals surface area contributed by atoms with Gasteiger partial charge in [-0.1, -0.05) is 104 Å². The van der Waals surface area contributed by atoms with Crippen LogP contribution in [-0.2, 0) is 0 Å². The van der Waals surface area contributed by atoms with E-state index in [0.717, 1.165) is 0 Å². The maximum absolute atomic E-state index is 5.65. The van der Waals surface area contributed by atoms with Gasteiger partial charge in [0.15, 0.2) is 0 Å². The molecule has 0 aliphatic heterocycles. The summed E-state index contributed by atoms with van der Waals surface area (Å²) in [6.45, 7) is 0. The average molecular weight is 383 g/mol. The Labute approximate surface area is 126 Å². The molecule has 0 bridgehead atoms. The number of hydrogen-bond acceptors (Lipinski definition) is 1. The van der Waals surface area contributed by atoms with Crippen molar-refractivity contribution in [1.82, 2.24) is 0 Å². The van der Waals surface area contributed by atoms with Crippen LogP contribution in [-0.4, -0.2) is 16.9 Å². The molecule has 10 heteroatoms. The Morgan fingerprint density at radius 1 is 0.571 bits per heavy atom. The van der Waals surface area contributed by atoms with Gasteiger partial charge in [0.2, 0.25) is 16.9 Å². The summed E-state index contributed by atoms with van der Waals surface area (Å²) < 4.78 is -9.03. The fourth-order valence-corrected chi connectivity index (χ4v) is 2.16. The molecule has 0 aromatic rings. The maximum atomic E-state index is 5.65. The number of halogens is 9. The molecular weight excluding hydrogens is 381 g/mol. The van der Waals surface area contributed by atoms with Gasteiger partial charge >= 0.3 is 0 Å². The zero-order valence-corrected chi connectivity index (χ0v) is 12.8. The molecule has 1 nitrogen and oxygen atoms in total. The van der Waals surface area contributed by atoms with Gasteiger partial charge in [0, 0.05) is 0 Å². The van der Waals surface area contributed by atoms with E-state index >= 15 is 0 Å². The van der Waals surface area contributed by atoms with Crippen molar-refractivity contribution in [2.24, 2.45) is 5.73 Å². The van der Waals surface area contributed by atoms with Gasteiger partial charge in [0.05, 0.1) is 0 Å². The van der Waals surface area contributed by atoms with Crippen LogP contribution in [0.3, 0.4) is 0 Å². The summed E-state index contributed by atoms with van der Waals surface area (Å²) in [5.41, 5.74) is 5.22. The number of nitrogens with two attached hydrogens (primary N) is 1. The lowest BCUT2D eigenvalue weighted by Crippen LogP contribution is -2.59. The van der Waals surface area contributed by atoms with Crippen LogP contribution in [0.15, 0.2) is 0 Å². The van der Waals surface area contributed by atoms with E-state index in [1.807, 2.05) is 0 Å². The predicted molar refractivity (Wildman–Crippen MR) is 67.8 cm³/mol. The topological polar surface area (TPSA) is 26.0 Å². The molecule has 0 aromatic carbocycles. The zero-order valence-electron chi connectivity index (χ0n) is 5.98. The third-order valence-corrected chi connectivity index (χ3v) is 6.24. The molecule has 0 aliphatic carbocycles. The lowest BCUT2D eigenvalue weighted by Gasteiger charge is -2.41. The molecule has 0 saturated carbocycles. The molecule has 86 valence electrons. The van der Waals surface area contributed by atoms with Gasteiger partial charge in [-0.05, 0) is 0 Å². The summed E-state index contributed by atoms with van der Waals surface area (Å²) in [6, 6.07) is 0. The van der Waals surface area contributed by atoms with Crippen LogP contribution < -0.4 is 5.73 Å². The number of alkyl halides is 9. The SMILES string of the molecule is NC(Cl)(Cl)C(Cl)(Cl)C(Cl)(Cl)C(Cl)(Cl)Cl. The predicted octanol–water partition coefficient (Wildman–Crippen LogP) is 4.79. The maximum Gasteiger partial charge on any atom is 0.226 e. The summed E-state index contributed by atoms with van der Waals surface area (Å²) in [5, 5.41) is 0.